The van der Waals surface area contributed by atoms with Gasteiger partial charge in [0.15, 0.2) is 6.61 Å². The van der Waals surface area contributed by atoms with Gasteiger partial charge in [-0.15, -0.1) is 0 Å². The molecule has 1 amide bonds. The Morgan fingerprint density at radius 1 is 1.27 bits per heavy atom. The van der Waals surface area contributed by atoms with Gasteiger partial charge in [0, 0.05) is 23.1 Å². The second-order valence-electron chi connectivity index (χ2n) is 6.19. The third-order valence-electron chi connectivity index (χ3n) is 3.07. The van der Waals surface area contributed by atoms with Gasteiger partial charge in [0.25, 0.3) is 5.91 Å². The molecule has 0 spiro atoms. The smallest absolute Gasteiger partial charge is 0.336 e. The van der Waals surface area contributed by atoms with E-state index in [1.807, 2.05) is 33.8 Å². The summed E-state index contributed by atoms with van der Waals surface area (Å²) in [6, 6.07) is 6.75. The Hall–Kier alpha value is -2.30. The van der Waals surface area contributed by atoms with Crippen LogP contribution in [-0.2, 0) is 11.2 Å². The van der Waals surface area contributed by atoms with Crippen molar-refractivity contribution in [3.63, 3.8) is 0 Å². The predicted molar refractivity (Wildman–Crippen MR) is 85.3 cm³/mol. The zero-order valence-corrected chi connectivity index (χ0v) is 13.4. The molecule has 2 rings (SSSR count). The van der Waals surface area contributed by atoms with Crippen LogP contribution in [0.3, 0.4) is 0 Å². The lowest BCUT2D eigenvalue weighted by Crippen LogP contribution is -2.43. The topological polar surface area (TPSA) is 68.5 Å². The number of amides is 1. The van der Waals surface area contributed by atoms with Gasteiger partial charge in [-0.25, -0.2) is 4.79 Å². The van der Waals surface area contributed by atoms with Crippen molar-refractivity contribution in [3.05, 3.63) is 40.2 Å². The van der Waals surface area contributed by atoms with E-state index in [0.717, 1.165) is 17.4 Å². The Morgan fingerprint density at radius 2 is 2.00 bits per heavy atom. The zero-order valence-electron chi connectivity index (χ0n) is 13.4. The maximum absolute atomic E-state index is 11.7. The molecule has 5 nitrogen and oxygen atoms in total. The van der Waals surface area contributed by atoms with Crippen molar-refractivity contribution in [2.24, 2.45) is 0 Å². The van der Waals surface area contributed by atoms with Crippen LogP contribution in [0.4, 0.5) is 0 Å². The second-order valence-corrected chi connectivity index (χ2v) is 6.19. The molecule has 1 heterocycles. The van der Waals surface area contributed by atoms with Crippen LogP contribution < -0.4 is 15.7 Å². The van der Waals surface area contributed by atoms with Crippen molar-refractivity contribution < 1.29 is 13.9 Å². The summed E-state index contributed by atoms with van der Waals surface area (Å²) in [4.78, 5) is 23.3. The maximum atomic E-state index is 11.7. The first kappa shape index (κ1) is 16.1. The third-order valence-corrected chi connectivity index (χ3v) is 3.07. The van der Waals surface area contributed by atoms with Crippen molar-refractivity contribution in [2.75, 3.05) is 6.61 Å². The molecule has 22 heavy (non-hydrogen) atoms. The molecule has 0 saturated carbocycles. The maximum Gasteiger partial charge on any atom is 0.336 e. The predicted octanol–water partition coefficient (Wildman–Crippen LogP) is 2.65. The van der Waals surface area contributed by atoms with E-state index in [1.165, 1.54) is 6.07 Å². The molecule has 0 aliphatic rings. The van der Waals surface area contributed by atoms with Crippen LogP contribution in [0.2, 0.25) is 0 Å². The minimum absolute atomic E-state index is 0.0829. The average Bonchev–Trinajstić information content (AvgIpc) is 2.41. The Balaban J connectivity index is 2.17. The van der Waals surface area contributed by atoms with E-state index in [9.17, 15) is 9.59 Å². The lowest BCUT2D eigenvalue weighted by Gasteiger charge is -2.20. The molecule has 1 aromatic carbocycles. The van der Waals surface area contributed by atoms with E-state index in [2.05, 4.69) is 5.32 Å². The van der Waals surface area contributed by atoms with Crippen molar-refractivity contribution in [1.82, 2.24) is 5.32 Å². The summed E-state index contributed by atoms with van der Waals surface area (Å²) in [6.07, 6.45) is 0.746. The molecule has 0 saturated heterocycles. The number of ether oxygens (including phenoxy) is 1. The van der Waals surface area contributed by atoms with Crippen molar-refractivity contribution >= 4 is 16.9 Å². The number of fused-ring (bicyclic) bond motifs is 1. The first-order valence-electron chi connectivity index (χ1n) is 7.29. The van der Waals surface area contributed by atoms with Gasteiger partial charge in [-0.05, 0) is 44.9 Å². The van der Waals surface area contributed by atoms with Crippen molar-refractivity contribution in [3.8, 4) is 5.75 Å². The fraction of sp³-hybridized carbons (Fsp3) is 0.412. The summed E-state index contributed by atoms with van der Waals surface area (Å²) in [5.74, 6) is 0.296. The first-order valence-corrected chi connectivity index (χ1v) is 7.29. The molecule has 2 aromatic rings. The van der Waals surface area contributed by atoms with Crippen molar-refractivity contribution in [2.45, 2.75) is 39.7 Å². The molecule has 1 aromatic heterocycles. The molecule has 118 valence electrons. The van der Waals surface area contributed by atoms with Crippen molar-refractivity contribution in [1.29, 1.82) is 0 Å². The van der Waals surface area contributed by atoms with Gasteiger partial charge < -0.3 is 14.5 Å². The summed E-state index contributed by atoms with van der Waals surface area (Å²) in [5, 5.41) is 3.70. The molecule has 0 fully saturated rings. The molecule has 0 aliphatic carbocycles. The number of carbonyl (C=O) groups is 1. The lowest BCUT2D eigenvalue weighted by atomic mass is 10.1. The van der Waals surface area contributed by atoms with E-state index in [0.29, 0.717) is 11.3 Å². The number of hydrogen-bond donors (Lipinski definition) is 1. The number of benzene rings is 1. The summed E-state index contributed by atoms with van der Waals surface area (Å²) < 4.78 is 10.7. The first-order chi connectivity index (χ1) is 10.3. The minimum atomic E-state index is -0.382. The molecule has 0 unspecified atom stereocenters. The Labute approximate surface area is 129 Å². The highest BCUT2D eigenvalue weighted by molar-refractivity contribution is 5.82. The fourth-order valence-electron chi connectivity index (χ4n) is 2.20. The molecular weight excluding hydrogens is 282 g/mol. The van der Waals surface area contributed by atoms with Gasteiger partial charge >= 0.3 is 5.63 Å². The van der Waals surface area contributed by atoms with Crippen LogP contribution in [0.5, 0.6) is 5.75 Å². The molecule has 0 aliphatic heterocycles. The van der Waals surface area contributed by atoms with Crippen LogP contribution in [0, 0.1) is 0 Å². The molecular formula is C17H21NO4. The summed E-state index contributed by atoms with van der Waals surface area (Å²) in [6.45, 7) is 7.61. The second kappa shape index (κ2) is 6.22. The lowest BCUT2D eigenvalue weighted by molar-refractivity contribution is -0.124. The largest absolute Gasteiger partial charge is 0.484 e. The van der Waals surface area contributed by atoms with Gasteiger partial charge in [0.1, 0.15) is 11.3 Å². The van der Waals surface area contributed by atoms with E-state index < -0.39 is 0 Å². The third kappa shape index (κ3) is 4.10. The summed E-state index contributed by atoms with van der Waals surface area (Å²) >= 11 is 0. The number of aryl methyl sites for hydroxylation is 1. The van der Waals surface area contributed by atoms with Crippen LogP contribution in [0.25, 0.3) is 11.0 Å². The molecule has 5 heteroatoms. The van der Waals surface area contributed by atoms with Gasteiger partial charge in [-0.1, -0.05) is 6.92 Å². The van der Waals surface area contributed by atoms with Gasteiger partial charge in [0.05, 0.1) is 0 Å². The Morgan fingerprint density at radius 3 is 2.64 bits per heavy atom. The molecule has 0 atom stereocenters. The standard InChI is InChI=1S/C17H21NO4/c1-5-11-8-16(20)22-14-9-12(6-7-13(11)14)21-10-15(19)18-17(2,3)4/h6-9H,5,10H2,1-4H3,(H,18,19). The quantitative estimate of drug-likeness (QED) is 0.882. The Kier molecular flexibility index (Phi) is 4.54. The van der Waals surface area contributed by atoms with Crippen LogP contribution in [0.15, 0.2) is 33.5 Å². The van der Waals surface area contributed by atoms with Crippen LogP contribution >= 0.6 is 0 Å². The van der Waals surface area contributed by atoms with Gasteiger partial charge in [-0.2, -0.15) is 0 Å². The normalized spacial score (nSPS) is 11.5. The highest BCUT2D eigenvalue weighted by Gasteiger charge is 2.14. The highest BCUT2D eigenvalue weighted by Crippen LogP contribution is 2.23. The van der Waals surface area contributed by atoms with E-state index in [4.69, 9.17) is 9.15 Å². The SMILES string of the molecule is CCc1cc(=O)oc2cc(OCC(=O)NC(C)(C)C)ccc12. The van der Waals surface area contributed by atoms with Gasteiger partial charge in [-0.3, -0.25) is 4.79 Å². The Bertz CT molecular complexity index is 740. The van der Waals surface area contributed by atoms with Crippen LogP contribution in [0.1, 0.15) is 33.3 Å². The molecule has 0 bridgehead atoms. The monoisotopic (exact) mass is 303 g/mol. The zero-order chi connectivity index (χ0) is 16.3. The average molecular weight is 303 g/mol. The number of rotatable bonds is 4. The highest BCUT2D eigenvalue weighted by atomic mass is 16.5. The summed E-state index contributed by atoms with van der Waals surface area (Å²) in [5.41, 5.74) is 0.723. The minimum Gasteiger partial charge on any atom is -0.484 e. The van der Waals surface area contributed by atoms with Gasteiger partial charge in [0.2, 0.25) is 0 Å². The van der Waals surface area contributed by atoms with E-state index in [1.54, 1.807) is 12.1 Å². The number of carbonyl (C=O) groups excluding carboxylic acids is 1. The van der Waals surface area contributed by atoms with Crippen LogP contribution in [-0.4, -0.2) is 18.1 Å². The molecule has 0 radical (unpaired) electrons. The van der Waals surface area contributed by atoms with E-state index in [-0.39, 0.29) is 23.7 Å². The number of nitrogens with one attached hydrogen (secondary N) is 1. The summed E-state index contributed by atoms with van der Waals surface area (Å²) in [7, 11) is 0. The number of hydrogen-bond acceptors (Lipinski definition) is 4. The van der Waals surface area contributed by atoms with E-state index >= 15 is 0 Å². The fourth-order valence-corrected chi connectivity index (χ4v) is 2.20. The molecule has 1 N–H and O–H groups in total.